The van der Waals surface area contributed by atoms with Gasteiger partial charge in [-0.05, 0) is 144 Å². The van der Waals surface area contributed by atoms with E-state index >= 15 is 0 Å². The van der Waals surface area contributed by atoms with Crippen molar-refractivity contribution in [1.82, 2.24) is 0 Å². The third-order valence-corrected chi connectivity index (χ3v) is 12.8. The van der Waals surface area contributed by atoms with Gasteiger partial charge >= 0.3 is 0 Å². The Hall–Kier alpha value is -8.46. The highest BCUT2D eigenvalue weighted by atomic mass is 15.1. The number of anilines is 6. The van der Waals surface area contributed by atoms with Crippen LogP contribution in [-0.4, -0.2) is 0 Å². The van der Waals surface area contributed by atoms with E-state index in [0.29, 0.717) is 0 Å². The van der Waals surface area contributed by atoms with Crippen LogP contribution in [0.4, 0.5) is 34.1 Å². The van der Waals surface area contributed by atoms with Crippen LogP contribution in [0.25, 0.3) is 76.1 Å². The van der Waals surface area contributed by atoms with Crippen LogP contribution in [0.5, 0.6) is 0 Å². The van der Waals surface area contributed by atoms with Crippen LogP contribution in [0.3, 0.4) is 0 Å². The van der Waals surface area contributed by atoms with Gasteiger partial charge in [0.05, 0.1) is 11.4 Å². The van der Waals surface area contributed by atoms with Crippen LogP contribution >= 0.6 is 0 Å². The van der Waals surface area contributed by atoms with Crippen molar-refractivity contribution in [3.05, 3.63) is 255 Å². The van der Waals surface area contributed by atoms with Gasteiger partial charge in [0.1, 0.15) is 0 Å². The van der Waals surface area contributed by atoms with E-state index in [0.717, 1.165) is 34.1 Å². The summed E-state index contributed by atoms with van der Waals surface area (Å²) in [5.41, 5.74) is 11.7. The summed E-state index contributed by atoms with van der Waals surface area (Å²) < 4.78 is 0. The summed E-state index contributed by atoms with van der Waals surface area (Å²) >= 11 is 0. The van der Waals surface area contributed by atoms with Crippen LogP contribution in [0, 0.1) is 0 Å². The van der Waals surface area contributed by atoms with Gasteiger partial charge in [0.15, 0.2) is 0 Å². The van der Waals surface area contributed by atoms with Gasteiger partial charge in [-0.2, -0.15) is 0 Å². The van der Waals surface area contributed by atoms with Crippen molar-refractivity contribution < 1.29 is 0 Å². The average molecular weight is 815 g/mol. The molecule has 0 aliphatic carbocycles. The van der Waals surface area contributed by atoms with E-state index in [-0.39, 0.29) is 0 Å². The zero-order valence-electron chi connectivity index (χ0n) is 35.1. The molecule has 0 unspecified atom stereocenters. The molecule has 0 aliphatic heterocycles. The van der Waals surface area contributed by atoms with Crippen molar-refractivity contribution >= 4 is 88.0 Å². The summed E-state index contributed by atoms with van der Waals surface area (Å²) in [5.74, 6) is 0. The minimum absolute atomic E-state index is 1.12. The number of nitrogens with zero attached hydrogens (tertiary/aromatic N) is 2. The van der Waals surface area contributed by atoms with Crippen molar-refractivity contribution in [3.63, 3.8) is 0 Å². The lowest BCUT2D eigenvalue weighted by molar-refractivity contribution is 1.30. The third kappa shape index (κ3) is 6.70. The molecule has 300 valence electrons. The highest BCUT2D eigenvalue weighted by Crippen LogP contribution is 2.42. The molecule has 0 saturated carbocycles. The topological polar surface area (TPSA) is 6.48 Å². The minimum Gasteiger partial charge on any atom is -0.310 e. The minimum atomic E-state index is 1.12. The van der Waals surface area contributed by atoms with E-state index in [4.69, 9.17) is 0 Å². The first-order valence-electron chi connectivity index (χ1n) is 22.0. The predicted molar refractivity (Wildman–Crippen MR) is 274 cm³/mol. The highest BCUT2D eigenvalue weighted by Gasteiger charge is 2.17. The second-order valence-corrected chi connectivity index (χ2v) is 16.6. The van der Waals surface area contributed by atoms with Gasteiger partial charge in [-0.1, -0.05) is 176 Å². The van der Waals surface area contributed by atoms with Crippen LogP contribution in [0.1, 0.15) is 0 Å². The Morgan fingerprint density at radius 2 is 0.562 bits per heavy atom. The fraction of sp³-hybridized carbons (Fsp3) is 0. The molecular weight excluding hydrogens is 773 g/mol. The molecule has 0 spiro atoms. The normalized spacial score (nSPS) is 11.4. The summed E-state index contributed by atoms with van der Waals surface area (Å²) in [7, 11) is 0. The van der Waals surface area contributed by atoms with Crippen molar-refractivity contribution in [2.75, 3.05) is 9.80 Å². The molecule has 0 bridgehead atoms. The average Bonchev–Trinajstić information content (AvgIpc) is 3.37. The summed E-state index contributed by atoms with van der Waals surface area (Å²) in [6.45, 7) is 0. The number of rotatable bonds is 8. The molecule has 12 aromatic carbocycles. The standard InChI is InChI=1S/C62H42N2/c1-3-17-53(18-4-1)63(61-23-11-15-44-13-7-9-21-59(44)61)55-34-29-43(30-35-55)46-32-37-57-51(40-46)27-28-52-41-49(33-38-58(52)57)47-25-26-50-42-56(36-31-48(50)39-47)64(54-19-5-2-6-20-54)62-24-12-16-45-14-8-10-22-60(45)62/h1-42H. The Morgan fingerprint density at radius 3 is 1.14 bits per heavy atom. The van der Waals surface area contributed by atoms with Crippen molar-refractivity contribution in [1.29, 1.82) is 0 Å². The number of fused-ring (bicyclic) bond motifs is 6. The van der Waals surface area contributed by atoms with Crippen molar-refractivity contribution in [2.24, 2.45) is 0 Å². The first-order chi connectivity index (χ1) is 31.7. The molecular formula is C62H42N2. The van der Waals surface area contributed by atoms with Crippen LogP contribution in [0.15, 0.2) is 255 Å². The second-order valence-electron chi connectivity index (χ2n) is 16.6. The van der Waals surface area contributed by atoms with Gasteiger partial charge in [0, 0.05) is 33.5 Å². The predicted octanol–water partition coefficient (Wildman–Crippen LogP) is 17.7. The lowest BCUT2D eigenvalue weighted by atomic mass is 9.94. The third-order valence-electron chi connectivity index (χ3n) is 12.8. The molecule has 64 heavy (non-hydrogen) atoms. The van der Waals surface area contributed by atoms with Crippen LogP contribution < -0.4 is 9.80 Å². The summed E-state index contributed by atoms with van der Waals surface area (Å²) in [6, 6.07) is 92.6. The molecule has 0 atom stereocenters. The first-order valence-corrected chi connectivity index (χ1v) is 22.0. The molecule has 0 heterocycles. The molecule has 0 radical (unpaired) electrons. The van der Waals surface area contributed by atoms with E-state index in [1.807, 2.05) is 0 Å². The lowest BCUT2D eigenvalue weighted by Gasteiger charge is -2.27. The van der Waals surface area contributed by atoms with Crippen molar-refractivity contribution in [2.45, 2.75) is 0 Å². The molecule has 12 rings (SSSR count). The Morgan fingerprint density at radius 1 is 0.188 bits per heavy atom. The molecule has 0 aromatic heterocycles. The number of hydrogen-bond acceptors (Lipinski definition) is 2. The first kappa shape index (κ1) is 37.3. The molecule has 12 aromatic rings. The Balaban J connectivity index is 0.842. The number of benzene rings is 12. The van der Waals surface area contributed by atoms with Gasteiger partial charge in [-0.25, -0.2) is 0 Å². The van der Waals surface area contributed by atoms with Gasteiger partial charge < -0.3 is 9.80 Å². The van der Waals surface area contributed by atoms with Gasteiger partial charge in [-0.15, -0.1) is 0 Å². The fourth-order valence-corrected chi connectivity index (χ4v) is 9.60. The van der Waals surface area contributed by atoms with Gasteiger partial charge in [-0.3, -0.25) is 0 Å². The lowest BCUT2D eigenvalue weighted by Crippen LogP contribution is -2.10. The maximum absolute atomic E-state index is 2.37. The summed E-state index contributed by atoms with van der Waals surface area (Å²) in [5, 5.41) is 12.3. The van der Waals surface area contributed by atoms with E-state index < -0.39 is 0 Å². The molecule has 2 heteroatoms. The largest absolute Gasteiger partial charge is 0.310 e. The van der Waals surface area contributed by atoms with E-state index in [9.17, 15) is 0 Å². The molecule has 2 nitrogen and oxygen atoms in total. The molecule has 0 aliphatic rings. The van der Waals surface area contributed by atoms with Crippen molar-refractivity contribution in [3.8, 4) is 22.3 Å². The van der Waals surface area contributed by atoms with Crippen LogP contribution in [0.2, 0.25) is 0 Å². The smallest absolute Gasteiger partial charge is 0.0540 e. The second kappa shape index (κ2) is 15.8. The maximum atomic E-state index is 2.37. The Labute approximate surface area is 373 Å². The molecule has 0 saturated heterocycles. The molecule has 0 N–H and O–H groups in total. The van der Waals surface area contributed by atoms with E-state index in [2.05, 4.69) is 265 Å². The highest BCUT2D eigenvalue weighted by molar-refractivity contribution is 6.10. The van der Waals surface area contributed by atoms with Crippen LogP contribution in [-0.2, 0) is 0 Å². The zero-order chi connectivity index (χ0) is 42.4. The SMILES string of the molecule is c1ccc(N(c2ccc(-c3ccc4c(ccc5cc(-c6ccc7cc(N(c8ccccc8)c8cccc9ccccc89)ccc7c6)ccc54)c3)cc2)c2cccc3ccccc23)cc1. The monoisotopic (exact) mass is 814 g/mol. The van der Waals surface area contributed by atoms with Gasteiger partial charge in [0.2, 0.25) is 0 Å². The Bertz CT molecular complexity index is 3660. The Kier molecular flexibility index (Phi) is 9.20. The zero-order valence-corrected chi connectivity index (χ0v) is 35.1. The van der Waals surface area contributed by atoms with E-state index in [1.54, 1.807) is 0 Å². The number of para-hydroxylation sites is 2. The quantitative estimate of drug-likeness (QED) is 0.141. The molecule has 0 amide bonds. The van der Waals surface area contributed by atoms with E-state index in [1.165, 1.54) is 76.1 Å². The fourth-order valence-electron chi connectivity index (χ4n) is 9.60. The summed E-state index contributed by atoms with van der Waals surface area (Å²) in [6.07, 6.45) is 0. The maximum Gasteiger partial charge on any atom is 0.0540 e. The number of hydrogen-bond donors (Lipinski definition) is 0. The summed E-state index contributed by atoms with van der Waals surface area (Å²) in [4.78, 5) is 4.73. The van der Waals surface area contributed by atoms with Gasteiger partial charge in [0.25, 0.3) is 0 Å². The molecule has 0 fully saturated rings.